The molecular weight excluding hydrogens is 391 g/mol. The van der Waals surface area contributed by atoms with Crippen LogP contribution in [0.3, 0.4) is 0 Å². The summed E-state index contributed by atoms with van der Waals surface area (Å²) in [5.74, 6) is -1.15. The summed E-state index contributed by atoms with van der Waals surface area (Å²) in [6, 6.07) is 2.10. The summed E-state index contributed by atoms with van der Waals surface area (Å²) in [6.45, 7) is 1.33. The van der Waals surface area contributed by atoms with E-state index in [0.717, 1.165) is 6.07 Å². The van der Waals surface area contributed by atoms with Gasteiger partial charge in [0, 0.05) is 17.8 Å². The van der Waals surface area contributed by atoms with Gasteiger partial charge in [0.15, 0.2) is 0 Å². The van der Waals surface area contributed by atoms with Crippen molar-refractivity contribution in [3.63, 3.8) is 0 Å². The lowest BCUT2D eigenvalue weighted by Gasteiger charge is -2.44. The smallest absolute Gasteiger partial charge is 0.275 e. The summed E-state index contributed by atoms with van der Waals surface area (Å²) in [5, 5.41) is 5.13. The van der Waals surface area contributed by atoms with E-state index in [9.17, 15) is 18.0 Å². The van der Waals surface area contributed by atoms with Crippen molar-refractivity contribution in [3.05, 3.63) is 47.7 Å². The van der Waals surface area contributed by atoms with Crippen LogP contribution in [0.4, 0.5) is 18.9 Å². The Labute approximate surface area is 164 Å². The van der Waals surface area contributed by atoms with Crippen molar-refractivity contribution in [3.8, 4) is 5.88 Å². The van der Waals surface area contributed by atoms with E-state index in [1.807, 2.05) is 0 Å². The van der Waals surface area contributed by atoms with Crippen LogP contribution in [0.2, 0.25) is 0 Å². The van der Waals surface area contributed by atoms with E-state index in [2.05, 4.69) is 20.6 Å². The second kappa shape index (κ2) is 8.31. The molecule has 0 spiro atoms. The van der Waals surface area contributed by atoms with Crippen LogP contribution >= 0.6 is 0 Å². The normalized spacial score (nSPS) is 24.4. The zero-order chi connectivity index (χ0) is 21.2. The highest BCUT2D eigenvalue weighted by atomic mass is 19.3. The second-order valence-corrected chi connectivity index (χ2v) is 6.58. The van der Waals surface area contributed by atoms with Crippen molar-refractivity contribution in [2.75, 3.05) is 19.0 Å². The molecule has 11 heteroatoms. The van der Waals surface area contributed by atoms with Gasteiger partial charge in [-0.15, -0.1) is 0 Å². The van der Waals surface area contributed by atoms with E-state index < -0.39 is 36.0 Å². The number of benzene rings is 1. The SMILES string of the molecule is COc1cnc(C(=O)Nc2ccc(F)c([C@@]3(C)OC(N)CN[C@H]3C(F)F)c2)cn1. The fourth-order valence-corrected chi connectivity index (χ4v) is 3.15. The number of methoxy groups -OCH3 is 1. The van der Waals surface area contributed by atoms with Gasteiger partial charge in [0.25, 0.3) is 12.3 Å². The number of carbonyl (C=O) groups is 1. The maximum absolute atomic E-state index is 14.6. The van der Waals surface area contributed by atoms with Gasteiger partial charge in [0.1, 0.15) is 29.4 Å². The third-order valence-electron chi connectivity index (χ3n) is 4.61. The van der Waals surface area contributed by atoms with Crippen LogP contribution in [0.1, 0.15) is 23.0 Å². The molecule has 3 rings (SSSR count). The molecule has 3 atom stereocenters. The monoisotopic (exact) mass is 411 g/mol. The second-order valence-electron chi connectivity index (χ2n) is 6.58. The Morgan fingerprint density at radius 2 is 2.17 bits per heavy atom. The minimum Gasteiger partial charge on any atom is -0.480 e. The van der Waals surface area contributed by atoms with E-state index in [1.165, 1.54) is 38.6 Å². The number of hydrogen-bond donors (Lipinski definition) is 3. The molecule has 1 unspecified atom stereocenters. The largest absolute Gasteiger partial charge is 0.480 e. The lowest BCUT2D eigenvalue weighted by molar-refractivity contribution is -0.164. The number of alkyl halides is 2. The van der Waals surface area contributed by atoms with Gasteiger partial charge < -0.3 is 25.8 Å². The van der Waals surface area contributed by atoms with Crippen LogP contribution in [-0.2, 0) is 10.3 Å². The number of halogens is 3. The van der Waals surface area contributed by atoms with E-state index in [0.29, 0.717) is 0 Å². The number of nitrogens with zero attached hydrogens (tertiary/aromatic N) is 2. The Morgan fingerprint density at radius 1 is 1.41 bits per heavy atom. The molecule has 1 fully saturated rings. The number of ether oxygens (including phenoxy) is 2. The molecule has 1 aliphatic heterocycles. The lowest BCUT2D eigenvalue weighted by atomic mass is 9.85. The molecule has 0 aliphatic carbocycles. The Hall–Kier alpha value is -2.76. The Bertz CT molecular complexity index is 884. The van der Waals surface area contributed by atoms with E-state index >= 15 is 0 Å². The fourth-order valence-electron chi connectivity index (χ4n) is 3.15. The van der Waals surface area contributed by atoms with Crippen LogP contribution in [0.25, 0.3) is 0 Å². The van der Waals surface area contributed by atoms with Crippen molar-refractivity contribution in [1.29, 1.82) is 0 Å². The highest BCUT2D eigenvalue weighted by Gasteiger charge is 2.48. The first-order valence-electron chi connectivity index (χ1n) is 8.67. The number of carbonyl (C=O) groups excluding carboxylic acids is 1. The molecule has 2 aromatic rings. The summed E-state index contributed by atoms with van der Waals surface area (Å²) in [4.78, 5) is 20.2. The number of nitrogens with one attached hydrogen (secondary N) is 2. The number of nitrogens with two attached hydrogens (primary N) is 1. The maximum Gasteiger partial charge on any atom is 0.275 e. The molecular formula is C18H20F3N5O3. The molecule has 1 aromatic carbocycles. The van der Waals surface area contributed by atoms with Crippen molar-refractivity contribution < 1.29 is 27.4 Å². The first-order valence-corrected chi connectivity index (χ1v) is 8.67. The van der Waals surface area contributed by atoms with Crippen LogP contribution in [0, 0.1) is 5.82 Å². The third-order valence-corrected chi connectivity index (χ3v) is 4.61. The first kappa shape index (κ1) is 21.0. The predicted molar refractivity (Wildman–Crippen MR) is 97.1 cm³/mol. The van der Waals surface area contributed by atoms with Gasteiger partial charge in [-0.05, 0) is 25.1 Å². The Balaban J connectivity index is 1.89. The third kappa shape index (κ3) is 4.31. The number of rotatable bonds is 5. The summed E-state index contributed by atoms with van der Waals surface area (Å²) in [7, 11) is 1.41. The Morgan fingerprint density at radius 3 is 2.79 bits per heavy atom. The predicted octanol–water partition coefficient (Wildman–Crippen LogP) is 1.63. The van der Waals surface area contributed by atoms with Crippen molar-refractivity contribution >= 4 is 11.6 Å². The highest BCUT2D eigenvalue weighted by molar-refractivity contribution is 6.02. The zero-order valence-corrected chi connectivity index (χ0v) is 15.7. The molecule has 0 radical (unpaired) electrons. The summed E-state index contributed by atoms with van der Waals surface area (Å²) in [5.41, 5.74) is 3.97. The number of anilines is 1. The van der Waals surface area contributed by atoms with Gasteiger partial charge in [0.05, 0.1) is 19.5 Å². The molecule has 156 valence electrons. The molecule has 8 nitrogen and oxygen atoms in total. The van der Waals surface area contributed by atoms with Gasteiger partial charge >= 0.3 is 0 Å². The zero-order valence-electron chi connectivity index (χ0n) is 15.7. The van der Waals surface area contributed by atoms with Crippen molar-refractivity contribution in [2.24, 2.45) is 5.73 Å². The molecule has 1 aliphatic rings. The highest BCUT2D eigenvalue weighted by Crippen LogP contribution is 2.37. The van der Waals surface area contributed by atoms with Crippen LogP contribution in [-0.4, -0.2) is 48.2 Å². The molecule has 0 saturated carbocycles. The summed E-state index contributed by atoms with van der Waals surface area (Å²) in [6.07, 6.45) is -1.26. The van der Waals surface area contributed by atoms with Crippen LogP contribution in [0.15, 0.2) is 30.6 Å². The average molecular weight is 411 g/mol. The van der Waals surface area contributed by atoms with E-state index in [4.69, 9.17) is 15.2 Å². The van der Waals surface area contributed by atoms with E-state index in [-0.39, 0.29) is 29.4 Å². The minimum atomic E-state index is -2.83. The molecule has 29 heavy (non-hydrogen) atoms. The molecule has 1 amide bonds. The number of hydrogen-bond acceptors (Lipinski definition) is 7. The first-order chi connectivity index (χ1) is 13.7. The van der Waals surface area contributed by atoms with Gasteiger partial charge in [-0.25, -0.2) is 23.1 Å². The van der Waals surface area contributed by atoms with Crippen LogP contribution < -0.4 is 21.1 Å². The lowest BCUT2D eigenvalue weighted by Crippen LogP contribution is -2.62. The average Bonchev–Trinajstić information content (AvgIpc) is 2.69. The number of morpholine rings is 1. The topological polar surface area (TPSA) is 111 Å². The Kier molecular flexibility index (Phi) is 6.01. The van der Waals surface area contributed by atoms with Crippen molar-refractivity contribution in [1.82, 2.24) is 15.3 Å². The summed E-state index contributed by atoms with van der Waals surface area (Å²) >= 11 is 0. The fraction of sp³-hybridized carbons (Fsp3) is 0.389. The van der Waals surface area contributed by atoms with E-state index in [1.54, 1.807) is 0 Å². The van der Waals surface area contributed by atoms with Gasteiger partial charge in [-0.2, -0.15) is 0 Å². The van der Waals surface area contributed by atoms with Crippen molar-refractivity contribution in [2.45, 2.75) is 31.2 Å². The van der Waals surface area contributed by atoms with Gasteiger partial charge in [0.2, 0.25) is 5.88 Å². The molecule has 2 heterocycles. The maximum atomic E-state index is 14.6. The number of amides is 1. The number of aromatic nitrogens is 2. The quantitative estimate of drug-likeness (QED) is 0.686. The molecule has 0 bridgehead atoms. The summed E-state index contributed by atoms with van der Waals surface area (Å²) < 4.78 is 52.1. The minimum absolute atomic E-state index is 0.00121. The van der Waals surface area contributed by atoms with Gasteiger partial charge in [-0.3, -0.25) is 4.79 Å². The molecule has 1 aromatic heterocycles. The standard InChI is InChI=1S/C18H20F3N5O3/c1-18(15(16(20)21)25-7-13(22)29-18)10-5-9(3-4-11(10)19)26-17(27)12-6-24-14(28-2)8-23-12/h3-6,8,13,15-16,25H,7,22H2,1-2H3,(H,26,27)/t13?,15-,18+/m0/s1. The van der Waals surface area contributed by atoms with Gasteiger partial charge in [-0.1, -0.05) is 0 Å². The molecule has 1 saturated heterocycles. The van der Waals surface area contributed by atoms with Crippen LogP contribution in [0.5, 0.6) is 5.88 Å². The molecule has 4 N–H and O–H groups in total.